The summed E-state index contributed by atoms with van der Waals surface area (Å²) in [5, 5.41) is 3.26. The molecule has 0 aliphatic heterocycles. The lowest BCUT2D eigenvalue weighted by Crippen LogP contribution is -2.14. The molecule has 26 heavy (non-hydrogen) atoms. The number of nitrogens with zero attached hydrogens (tertiary/aromatic N) is 1. The molecule has 1 aromatic heterocycles. The molecule has 0 saturated heterocycles. The van der Waals surface area contributed by atoms with E-state index in [0.29, 0.717) is 0 Å². The van der Waals surface area contributed by atoms with Crippen LogP contribution in [0, 0.1) is 20.8 Å². The van der Waals surface area contributed by atoms with Gasteiger partial charge in [-0.1, -0.05) is 18.2 Å². The topological polar surface area (TPSA) is 71.1 Å². The first-order chi connectivity index (χ1) is 12.3. The van der Waals surface area contributed by atoms with Crippen molar-refractivity contribution in [3.05, 3.63) is 77.5 Å². The minimum absolute atomic E-state index is 0.219. The monoisotopic (exact) mass is 367 g/mol. The minimum Gasteiger partial charge on any atom is -0.354 e. The molecule has 0 unspecified atom stereocenters. The number of hydrogen-bond acceptors (Lipinski definition) is 4. The minimum atomic E-state index is -3.65. The number of pyridine rings is 1. The standard InChI is InChI=1S/C20H21N3O2S/c1-14-5-4-6-19(11-14)26(24,25)23-20-10-9-18(13-21-20)22-17-8-7-15(2)16(3)12-17/h4-13,22H,1-3H3,(H,21,23). The fourth-order valence-corrected chi connectivity index (χ4v) is 3.61. The van der Waals surface area contributed by atoms with E-state index in [1.54, 1.807) is 36.5 Å². The van der Waals surface area contributed by atoms with E-state index in [1.165, 1.54) is 11.1 Å². The number of benzene rings is 2. The predicted molar refractivity (Wildman–Crippen MR) is 105 cm³/mol. The summed E-state index contributed by atoms with van der Waals surface area (Å²) in [7, 11) is -3.65. The van der Waals surface area contributed by atoms with Gasteiger partial charge in [-0.15, -0.1) is 0 Å². The molecule has 0 fully saturated rings. The molecule has 3 aromatic rings. The largest absolute Gasteiger partial charge is 0.354 e. The Labute approximate surface area is 154 Å². The summed E-state index contributed by atoms with van der Waals surface area (Å²) in [5.41, 5.74) is 5.06. The van der Waals surface area contributed by atoms with Crippen LogP contribution in [0.5, 0.6) is 0 Å². The van der Waals surface area contributed by atoms with Crippen molar-refractivity contribution in [2.75, 3.05) is 10.0 Å². The molecule has 0 bridgehead atoms. The Hall–Kier alpha value is -2.86. The lowest BCUT2D eigenvalue weighted by molar-refractivity contribution is 0.601. The summed E-state index contributed by atoms with van der Waals surface area (Å²) in [5.74, 6) is 0.275. The second-order valence-electron chi connectivity index (χ2n) is 6.28. The molecule has 0 amide bonds. The van der Waals surface area contributed by atoms with E-state index in [0.717, 1.165) is 16.9 Å². The van der Waals surface area contributed by atoms with Gasteiger partial charge in [0.1, 0.15) is 5.82 Å². The van der Waals surface area contributed by atoms with Gasteiger partial charge in [-0.3, -0.25) is 4.72 Å². The van der Waals surface area contributed by atoms with E-state index < -0.39 is 10.0 Å². The molecule has 2 N–H and O–H groups in total. The lowest BCUT2D eigenvalue weighted by Gasteiger charge is -2.10. The number of anilines is 3. The van der Waals surface area contributed by atoms with Gasteiger partial charge in [-0.2, -0.15) is 0 Å². The van der Waals surface area contributed by atoms with Gasteiger partial charge in [0, 0.05) is 5.69 Å². The van der Waals surface area contributed by atoms with E-state index >= 15 is 0 Å². The van der Waals surface area contributed by atoms with E-state index in [2.05, 4.69) is 41.0 Å². The van der Waals surface area contributed by atoms with Gasteiger partial charge in [0.15, 0.2) is 0 Å². The van der Waals surface area contributed by atoms with Crippen LogP contribution in [0.1, 0.15) is 16.7 Å². The van der Waals surface area contributed by atoms with Gasteiger partial charge in [0.05, 0.1) is 16.8 Å². The van der Waals surface area contributed by atoms with Crippen LogP contribution < -0.4 is 10.0 Å². The molecule has 0 aliphatic rings. The molecule has 134 valence electrons. The van der Waals surface area contributed by atoms with Gasteiger partial charge in [-0.25, -0.2) is 13.4 Å². The van der Waals surface area contributed by atoms with Gasteiger partial charge in [-0.05, 0) is 73.9 Å². The molecule has 0 saturated carbocycles. The normalized spacial score (nSPS) is 11.2. The average Bonchev–Trinajstić information content (AvgIpc) is 2.60. The van der Waals surface area contributed by atoms with Crippen molar-refractivity contribution in [1.29, 1.82) is 0 Å². The molecule has 0 radical (unpaired) electrons. The highest BCUT2D eigenvalue weighted by atomic mass is 32.2. The SMILES string of the molecule is Cc1cccc(S(=O)(=O)Nc2ccc(Nc3ccc(C)c(C)c3)cn2)c1. The summed E-state index contributed by atoms with van der Waals surface area (Å²) in [6.07, 6.45) is 1.60. The van der Waals surface area contributed by atoms with Crippen molar-refractivity contribution in [3.63, 3.8) is 0 Å². The fourth-order valence-electron chi connectivity index (χ4n) is 2.49. The van der Waals surface area contributed by atoms with Crippen LogP contribution in [0.3, 0.4) is 0 Å². The molecule has 0 aliphatic carbocycles. The maximum absolute atomic E-state index is 12.4. The summed E-state index contributed by atoms with van der Waals surface area (Å²) in [4.78, 5) is 4.41. The molecular formula is C20H21N3O2S. The third-order valence-corrected chi connectivity index (χ3v) is 5.45. The molecule has 5 nitrogen and oxygen atoms in total. The Bertz CT molecular complexity index is 1030. The van der Waals surface area contributed by atoms with Crippen LogP contribution in [0.15, 0.2) is 65.7 Å². The Morgan fingerprint density at radius 3 is 2.27 bits per heavy atom. The Morgan fingerprint density at radius 1 is 0.846 bits per heavy atom. The number of aryl methyl sites for hydroxylation is 3. The Morgan fingerprint density at radius 2 is 1.62 bits per heavy atom. The van der Waals surface area contributed by atoms with E-state index in [-0.39, 0.29) is 10.7 Å². The zero-order valence-electron chi connectivity index (χ0n) is 14.9. The maximum Gasteiger partial charge on any atom is 0.263 e. The summed E-state index contributed by atoms with van der Waals surface area (Å²) < 4.78 is 27.4. The molecule has 3 rings (SSSR count). The maximum atomic E-state index is 12.4. The molecule has 6 heteroatoms. The predicted octanol–water partition coefficient (Wildman–Crippen LogP) is 4.55. The van der Waals surface area contributed by atoms with E-state index in [9.17, 15) is 8.42 Å². The summed E-state index contributed by atoms with van der Waals surface area (Å²) in [6.45, 7) is 5.97. The first kappa shape index (κ1) is 17.9. The summed E-state index contributed by atoms with van der Waals surface area (Å²) in [6, 6.07) is 16.3. The van der Waals surface area contributed by atoms with Gasteiger partial charge in [0.2, 0.25) is 0 Å². The first-order valence-electron chi connectivity index (χ1n) is 8.23. The Kier molecular flexibility index (Phi) is 4.95. The van der Waals surface area contributed by atoms with Crippen LogP contribution in [-0.2, 0) is 10.0 Å². The van der Waals surface area contributed by atoms with Gasteiger partial charge >= 0.3 is 0 Å². The van der Waals surface area contributed by atoms with Crippen molar-refractivity contribution < 1.29 is 8.42 Å². The van der Waals surface area contributed by atoms with Crippen molar-refractivity contribution in [1.82, 2.24) is 4.98 Å². The highest BCUT2D eigenvalue weighted by Crippen LogP contribution is 2.21. The highest BCUT2D eigenvalue weighted by Gasteiger charge is 2.14. The average molecular weight is 367 g/mol. The number of rotatable bonds is 5. The van der Waals surface area contributed by atoms with Crippen molar-refractivity contribution in [2.45, 2.75) is 25.7 Å². The summed E-state index contributed by atoms with van der Waals surface area (Å²) >= 11 is 0. The first-order valence-corrected chi connectivity index (χ1v) is 9.72. The fraction of sp³-hybridized carbons (Fsp3) is 0.150. The van der Waals surface area contributed by atoms with E-state index in [1.807, 2.05) is 19.1 Å². The molecular weight excluding hydrogens is 346 g/mol. The quantitative estimate of drug-likeness (QED) is 0.694. The highest BCUT2D eigenvalue weighted by molar-refractivity contribution is 7.92. The van der Waals surface area contributed by atoms with Crippen LogP contribution in [0.4, 0.5) is 17.2 Å². The van der Waals surface area contributed by atoms with Crippen LogP contribution in [0.25, 0.3) is 0 Å². The second kappa shape index (κ2) is 7.17. The van der Waals surface area contributed by atoms with Crippen LogP contribution in [0.2, 0.25) is 0 Å². The zero-order valence-corrected chi connectivity index (χ0v) is 15.8. The molecule has 0 atom stereocenters. The second-order valence-corrected chi connectivity index (χ2v) is 7.96. The number of aromatic nitrogens is 1. The number of nitrogens with one attached hydrogen (secondary N) is 2. The van der Waals surface area contributed by atoms with Gasteiger partial charge in [0.25, 0.3) is 10.0 Å². The smallest absolute Gasteiger partial charge is 0.263 e. The van der Waals surface area contributed by atoms with E-state index in [4.69, 9.17) is 0 Å². The third-order valence-electron chi connectivity index (χ3n) is 4.10. The zero-order chi connectivity index (χ0) is 18.7. The van der Waals surface area contributed by atoms with Crippen molar-refractivity contribution in [3.8, 4) is 0 Å². The van der Waals surface area contributed by atoms with Crippen molar-refractivity contribution in [2.24, 2.45) is 0 Å². The van der Waals surface area contributed by atoms with Crippen molar-refractivity contribution >= 4 is 27.2 Å². The number of sulfonamides is 1. The molecule has 1 heterocycles. The number of hydrogen-bond donors (Lipinski definition) is 2. The van der Waals surface area contributed by atoms with Crippen LogP contribution >= 0.6 is 0 Å². The van der Waals surface area contributed by atoms with Crippen LogP contribution in [-0.4, -0.2) is 13.4 Å². The molecule has 2 aromatic carbocycles. The Balaban J connectivity index is 1.74. The molecule has 0 spiro atoms. The lowest BCUT2D eigenvalue weighted by atomic mass is 10.1. The third kappa shape index (κ3) is 4.21. The van der Waals surface area contributed by atoms with Gasteiger partial charge < -0.3 is 5.32 Å².